The fraction of sp³-hybridized carbons (Fsp3) is 0.200. The molecule has 3 heterocycles. The van der Waals surface area contributed by atoms with E-state index in [0.29, 0.717) is 5.56 Å². The van der Waals surface area contributed by atoms with Crippen LogP contribution in [0.2, 0.25) is 0 Å². The first-order chi connectivity index (χ1) is 13.7. The van der Waals surface area contributed by atoms with Gasteiger partial charge in [-0.25, -0.2) is 4.98 Å². The lowest BCUT2D eigenvalue weighted by Crippen LogP contribution is -2.47. The van der Waals surface area contributed by atoms with Gasteiger partial charge in [0.05, 0.1) is 23.1 Å². The fourth-order valence-corrected chi connectivity index (χ4v) is 3.54. The van der Waals surface area contributed by atoms with Gasteiger partial charge < -0.3 is 15.1 Å². The Bertz CT molecular complexity index is 945. The Labute approximate surface area is 171 Å². The van der Waals surface area contributed by atoms with Crippen molar-refractivity contribution >= 4 is 39.0 Å². The van der Waals surface area contributed by atoms with Crippen molar-refractivity contribution in [2.75, 3.05) is 41.3 Å². The molecule has 0 atom stereocenters. The van der Waals surface area contributed by atoms with Gasteiger partial charge in [0.2, 0.25) is 0 Å². The summed E-state index contributed by atoms with van der Waals surface area (Å²) < 4.78 is 0.971. The molecule has 1 aromatic carbocycles. The van der Waals surface area contributed by atoms with Crippen molar-refractivity contribution in [1.82, 2.24) is 15.0 Å². The van der Waals surface area contributed by atoms with Gasteiger partial charge in [-0.3, -0.25) is 14.8 Å². The van der Waals surface area contributed by atoms with Crippen molar-refractivity contribution in [1.29, 1.82) is 0 Å². The van der Waals surface area contributed by atoms with Crippen LogP contribution in [0.15, 0.2) is 65.8 Å². The van der Waals surface area contributed by atoms with Crippen molar-refractivity contribution in [3.8, 4) is 0 Å². The second kappa shape index (κ2) is 8.35. The summed E-state index contributed by atoms with van der Waals surface area (Å²) in [6.45, 7) is 3.31. The van der Waals surface area contributed by atoms with Crippen LogP contribution in [0.3, 0.4) is 0 Å². The molecule has 0 unspecified atom stereocenters. The summed E-state index contributed by atoms with van der Waals surface area (Å²) in [4.78, 5) is 29.6. The van der Waals surface area contributed by atoms with Gasteiger partial charge in [0.15, 0.2) is 0 Å². The Hall–Kier alpha value is -3.00. The maximum absolute atomic E-state index is 12.6. The Morgan fingerprint density at radius 2 is 1.75 bits per heavy atom. The van der Waals surface area contributed by atoms with Gasteiger partial charge in [-0.1, -0.05) is 15.9 Å². The second-order valence-corrected chi connectivity index (χ2v) is 7.31. The summed E-state index contributed by atoms with van der Waals surface area (Å²) >= 11 is 3.54. The van der Waals surface area contributed by atoms with E-state index < -0.39 is 0 Å². The highest BCUT2D eigenvalue weighted by molar-refractivity contribution is 9.10. The summed E-state index contributed by atoms with van der Waals surface area (Å²) in [5.74, 6) is 0.719. The summed E-state index contributed by atoms with van der Waals surface area (Å²) in [6, 6.07) is 9.39. The Morgan fingerprint density at radius 1 is 0.964 bits per heavy atom. The minimum absolute atomic E-state index is 0.171. The first-order valence-corrected chi connectivity index (χ1v) is 9.77. The number of anilines is 3. The van der Waals surface area contributed by atoms with Crippen LogP contribution in [0.25, 0.3) is 0 Å². The lowest BCUT2D eigenvalue weighted by atomic mass is 10.2. The molecule has 1 amide bonds. The highest BCUT2D eigenvalue weighted by Crippen LogP contribution is 2.31. The summed E-state index contributed by atoms with van der Waals surface area (Å²) in [5, 5.41) is 3.02. The summed E-state index contributed by atoms with van der Waals surface area (Å²) in [5.41, 5.74) is 2.30. The number of piperazine rings is 1. The average molecular weight is 439 g/mol. The van der Waals surface area contributed by atoms with Crippen LogP contribution in [0, 0.1) is 0 Å². The molecule has 142 valence electrons. The molecule has 0 bridgehead atoms. The molecule has 0 radical (unpaired) electrons. The molecule has 2 aromatic heterocycles. The monoisotopic (exact) mass is 438 g/mol. The van der Waals surface area contributed by atoms with E-state index in [9.17, 15) is 4.79 Å². The standard InChI is InChI=1S/C20H19BrN6O/c21-16-3-4-17(25-20(28)15-2-1-5-22-13-15)18(12-16)26-8-10-27(11-9-26)19-14-23-6-7-24-19/h1-7,12-14H,8-11H2,(H,25,28). The molecule has 1 saturated heterocycles. The number of benzene rings is 1. The van der Waals surface area contributed by atoms with Crippen LogP contribution in [0.1, 0.15) is 10.4 Å². The molecule has 3 aromatic rings. The second-order valence-electron chi connectivity index (χ2n) is 6.40. The van der Waals surface area contributed by atoms with Crippen LogP contribution in [0.5, 0.6) is 0 Å². The van der Waals surface area contributed by atoms with E-state index in [1.807, 2.05) is 18.2 Å². The third kappa shape index (κ3) is 4.12. The van der Waals surface area contributed by atoms with Crippen LogP contribution in [0.4, 0.5) is 17.2 Å². The van der Waals surface area contributed by atoms with Gasteiger partial charge in [-0.2, -0.15) is 0 Å². The van der Waals surface area contributed by atoms with E-state index in [1.165, 1.54) is 0 Å². The van der Waals surface area contributed by atoms with Gasteiger partial charge in [0, 0.05) is 55.4 Å². The van der Waals surface area contributed by atoms with E-state index in [-0.39, 0.29) is 5.91 Å². The number of nitrogens with zero attached hydrogens (tertiary/aromatic N) is 5. The lowest BCUT2D eigenvalue weighted by Gasteiger charge is -2.37. The van der Waals surface area contributed by atoms with Crippen molar-refractivity contribution in [2.24, 2.45) is 0 Å². The maximum Gasteiger partial charge on any atom is 0.257 e. The molecular formula is C20H19BrN6O. The Kier molecular flexibility index (Phi) is 5.48. The smallest absolute Gasteiger partial charge is 0.257 e. The minimum Gasteiger partial charge on any atom is -0.366 e. The van der Waals surface area contributed by atoms with E-state index in [4.69, 9.17) is 0 Å². The average Bonchev–Trinajstić information content (AvgIpc) is 2.76. The number of aromatic nitrogens is 3. The first-order valence-electron chi connectivity index (χ1n) is 8.97. The number of pyridine rings is 1. The molecule has 7 nitrogen and oxygen atoms in total. The normalized spacial score (nSPS) is 14.0. The number of hydrogen-bond donors (Lipinski definition) is 1. The number of hydrogen-bond acceptors (Lipinski definition) is 6. The summed E-state index contributed by atoms with van der Waals surface area (Å²) in [6.07, 6.45) is 8.39. The number of rotatable bonds is 4. The predicted octanol–water partition coefficient (Wildman–Crippen LogP) is 3.21. The van der Waals surface area contributed by atoms with Gasteiger partial charge >= 0.3 is 0 Å². The molecule has 1 N–H and O–H groups in total. The third-order valence-electron chi connectivity index (χ3n) is 4.63. The highest BCUT2D eigenvalue weighted by atomic mass is 79.9. The molecule has 0 aliphatic carbocycles. The predicted molar refractivity (Wildman–Crippen MR) is 113 cm³/mol. The topological polar surface area (TPSA) is 74.2 Å². The molecule has 1 aliphatic rings. The molecule has 1 fully saturated rings. The number of halogens is 1. The third-order valence-corrected chi connectivity index (χ3v) is 5.12. The van der Waals surface area contributed by atoms with Crippen LogP contribution in [-0.2, 0) is 0 Å². The number of carbonyl (C=O) groups is 1. The zero-order valence-electron chi connectivity index (χ0n) is 15.1. The quantitative estimate of drug-likeness (QED) is 0.673. The zero-order valence-corrected chi connectivity index (χ0v) is 16.7. The van der Waals surface area contributed by atoms with E-state index in [2.05, 4.69) is 46.0 Å². The lowest BCUT2D eigenvalue weighted by molar-refractivity contribution is 0.102. The molecule has 28 heavy (non-hydrogen) atoms. The molecule has 0 spiro atoms. The van der Waals surface area contributed by atoms with Crippen molar-refractivity contribution < 1.29 is 4.79 Å². The molecular weight excluding hydrogens is 420 g/mol. The van der Waals surface area contributed by atoms with Gasteiger partial charge in [0.1, 0.15) is 5.82 Å². The fourth-order valence-electron chi connectivity index (χ4n) is 3.19. The van der Waals surface area contributed by atoms with Crippen LogP contribution in [-0.4, -0.2) is 47.0 Å². The van der Waals surface area contributed by atoms with Crippen LogP contribution >= 0.6 is 15.9 Å². The minimum atomic E-state index is -0.171. The van der Waals surface area contributed by atoms with E-state index in [1.54, 1.807) is 43.1 Å². The number of carbonyl (C=O) groups excluding carboxylic acids is 1. The van der Waals surface area contributed by atoms with Crippen molar-refractivity contribution in [3.63, 3.8) is 0 Å². The highest BCUT2D eigenvalue weighted by Gasteiger charge is 2.21. The Balaban J connectivity index is 1.50. The molecule has 1 aliphatic heterocycles. The van der Waals surface area contributed by atoms with Crippen molar-refractivity contribution in [3.05, 3.63) is 71.4 Å². The Morgan fingerprint density at radius 3 is 2.46 bits per heavy atom. The maximum atomic E-state index is 12.6. The largest absolute Gasteiger partial charge is 0.366 e. The van der Waals surface area contributed by atoms with E-state index in [0.717, 1.165) is 47.8 Å². The first kappa shape index (κ1) is 18.4. The van der Waals surface area contributed by atoms with Gasteiger partial charge in [-0.05, 0) is 30.3 Å². The van der Waals surface area contributed by atoms with Gasteiger partial charge in [0.25, 0.3) is 5.91 Å². The van der Waals surface area contributed by atoms with E-state index >= 15 is 0 Å². The van der Waals surface area contributed by atoms with Crippen molar-refractivity contribution in [2.45, 2.75) is 0 Å². The van der Waals surface area contributed by atoms with Crippen LogP contribution < -0.4 is 15.1 Å². The van der Waals surface area contributed by atoms with Gasteiger partial charge in [-0.15, -0.1) is 0 Å². The SMILES string of the molecule is O=C(Nc1ccc(Br)cc1N1CCN(c2cnccn2)CC1)c1cccnc1. The number of nitrogens with one attached hydrogen (secondary N) is 1. The zero-order chi connectivity index (χ0) is 19.3. The molecule has 4 rings (SSSR count). The summed E-state index contributed by atoms with van der Waals surface area (Å²) in [7, 11) is 0. The number of amides is 1. The molecule has 0 saturated carbocycles. The molecule has 8 heteroatoms.